The molecule has 0 saturated carbocycles. The van der Waals surface area contributed by atoms with Crippen LogP contribution in [-0.4, -0.2) is 35.1 Å². The van der Waals surface area contributed by atoms with Gasteiger partial charge < -0.3 is 25.3 Å². The number of ether oxygens (including phenoxy) is 3. The summed E-state index contributed by atoms with van der Waals surface area (Å²) in [6.45, 7) is 1.90. The van der Waals surface area contributed by atoms with Gasteiger partial charge in [0.15, 0.2) is 12.4 Å². The quantitative estimate of drug-likeness (QED) is 0.500. The summed E-state index contributed by atoms with van der Waals surface area (Å²) in [5.41, 5.74) is 8.62. The maximum absolute atomic E-state index is 12.2. The maximum atomic E-state index is 12.2. The number of aryl methyl sites for hydroxylation is 2. The molecular formula is C22H25N5O4. The Balaban J connectivity index is 1.56. The van der Waals surface area contributed by atoms with Gasteiger partial charge in [-0.25, -0.2) is 0 Å². The maximum Gasteiger partial charge on any atom is 0.306 e. The number of anilines is 3. The van der Waals surface area contributed by atoms with Crippen LogP contribution in [0.4, 0.5) is 17.6 Å². The first-order chi connectivity index (χ1) is 14.9. The van der Waals surface area contributed by atoms with E-state index in [2.05, 4.69) is 20.3 Å². The molecule has 0 spiro atoms. The summed E-state index contributed by atoms with van der Waals surface area (Å²) >= 11 is 0. The molecule has 31 heavy (non-hydrogen) atoms. The number of rotatable bonds is 9. The first-order valence-corrected chi connectivity index (χ1v) is 9.67. The number of methoxy groups -OCH3 is 2. The van der Waals surface area contributed by atoms with Crippen molar-refractivity contribution < 1.29 is 19.0 Å². The van der Waals surface area contributed by atoms with Gasteiger partial charge in [0.1, 0.15) is 11.5 Å². The molecule has 0 bridgehead atoms. The number of nitrogens with one attached hydrogen (secondary N) is 1. The number of hydrogen-bond acceptors (Lipinski definition) is 9. The van der Waals surface area contributed by atoms with Gasteiger partial charge in [-0.1, -0.05) is 17.7 Å². The Bertz CT molecular complexity index is 1020. The van der Waals surface area contributed by atoms with E-state index < -0.39 is 0 Å². The molecule has 0 saturated heterocycles. The third-order valence-electron chi connectivity index (χ3n) is 4.40. The molecule has 162 valence electrons. The van der Waals surface area contributed by atoms with Crippen LogP contribution in [-0.2, 0) is 22.6 Å². The van der Waals surface area contributed by atoms with E-state index in [0.29, 0.717) is 17.9 Å². The topological polar surface area (TPSA) is 121 Å². The summed E-state index contributed by atoms with van der Waals surface area (Å²) < 4.78 is 15.8. The number of hydrogen-bond donors (Lipinski definition) is 2. The summed E-state index contributed by atoms with van der Waals surface area (Å²) in [7, 11) is 3.16. The van der Waals surface area contributed by atoms with E-state index in [-0.39, 0.29) is 36.7 Å². The summed E-state index contributed by atoms with van der Waals surface area (Å²) in [5.74, 6) is 1.53. The van der Waals surface area contributed by atoms with Crippen LogP contribution >= 0.6 is 0 Å². The van der Waals surface area contributed by atoms with Crippen LogP contribution in [0.25, 0.3) is 0 Å². The summed E-state index contributed by atoms with van der Waals surface area (Å²) in [4.78, 5) is 24.5. The van der Waals surface area contributed by atoms with Crippen LogP contribution in [0.5, 0.6) is 11.5 Å². The predicted octanol–water partition coefficient (Wildman–Crippen LogP) is 3.20. The number of nitrogen functional groups attached to an aromatic ring is 1. The number of nitrogens with zero attached hydrogens (tertiary/aromatic N) is 3. The molecule has 2 aromatic carbocycles. The van der Waals surface area contributed by atoms with Crippen molar-refractivity contribution in [2.75, 3.05) is 25.3 Å². The normalized spacial score (nSPS) is 10.4. The first-order valence-electron chi connectivity index (χ1n) is 9.67. The van der Waals surface area contributed by atoms with Gasteiger partial charge in [0.05, 0.1) is 14.2 Å². The van der Waals surface area contributed by atoms with E-state index in [9.17, 15) is 4.79 Å². The van der Waals surface area contributed by atoms with E-state index in [1.165, 1.54) is 0 Å². The Morgan fingerprint density at radius 3 is 2.32 bits per heavy atom. The molecular weight excluding hydrogens is 398 g/mol. The van der Waals surface area contributed by atoms with Crippen LogP contribution in [0.15, 0.2) is 42.5 Å². The molecule has 3 N–H and O–H groups in total. The van der Waals surface area contributed by atoms with Crippen molar-refractivity contribution in [1.29, 1.82) is 0 Å². The summed E-state index contributed by atoms with van der Waals surface area (Å²) in [6, 6.07) is 13.2. The molecule has 9 nitrogen and oxygen atoms in total. The van der Waals surface area contributed by atoms with Crippen molar-refractivity contribution in [3.63, 3.8) is 0 Å². The molecule has 0 amide bonds. The second-order valence-corrected chi connectivity index (χ2v) is 6.81. The zero-order valence-electron chi connectivity index (χ0n) is 17.7. The average molecular weight is 423 g/mol. The second kappa shape index (κ2) is 10.2. The lowest BCUT2D eigenvalue weighted by molar-refractivity contribution is -0.145. The Hall–Kier alpha value is -3.88. The summed E-state index contributed by atoms with van der Waals surface area (Å²) in [5, 5.41) is 3.06. The van der Waals surface area contributed by atoms with Crippen molar-refractivity contribution in [3.05, 3.63) is 59.4 Å². The minimum absolute atomic E-state index is 0.0409. The van der Waals surface area contributed by atoms with Gasteiger partial charge in [0, 0.05) is 18.2 Å². The minimum atomic E-state index is -0.381. The fourth-order valence-electron chi connectivity index (χ4n) is 2.80. The molecule has 0 atom stereocenters. The van der Waals surface area contributed by atoms with Gasteiger partial charge in [-0.3, -0.25) is 4.79 Å². The predicted molar refractivity (Wildman–Crippen MR) is 116 cm³/mol. The minimum Gasteiger partial charge on any atom is -0.497 e. The number of carbonyl (C=O) groups is 1. The Morgan fingerprint density at radius 1 is 1.00 bits per heavy atom. The molecule has 0 aliphatic carbocycles. The van der Waals surface area contributed by atoms with Crippen LogP contribution < -0.4 is 20.5 Å². The number of esters is 1. The highest BCUT2D eigenvalue weighted by Crippen LogP contribution is 2.23. The smallest absolute Gasteiger partial charge is 0.306 e. The Morgan fingerprint density at radius 2 is 1.68 bits per heavy atom. The molecule has 0 radical (unpaired) electrons. The third kappa shape index (κ3) is 6.56. The van der Waals surface area contributed by atoms with Gasteiger partial charge >= 0.3 is 5.97 Å². The van der Waals surface area contributed by atoms with Gasteiger partial charge in [0.25, 0.3) is 0 Å². The van der Waals surface area contributed by atoms with Crippen LogP contribution in [0.2, 0.25) is 0 Å². The van der Waals surface area contributed by atoms with Crippen molar-refractivity contribution in [1.82, 2.24) is 15.0 Å². The van der Waals surface area contributed by atoms with E-state index in [0.717, 1.165) is 16.8 Å². The highest BCUT2D eigenvalue weighted by molar-refractivity contribution is 5.69. The van der Waals surface area contributed by atoms with E-state index in [1.54, 1.807) is 20.3 Å². The highest BCUT2D eigenvalue weighted by atomic mass is 16.5. The molecule has 0 fully saturated rings. The zero-order chi connectivity index (χ0) is 22.2. The van der Waals surface area contributed by atoms with E-state index >= 15 is 0 Å². The number of nitrogens with two attached hydrogens (primary N) is 1. The first kappa shape index (κ1) is 21.8. The second-order valence-electron chi connectivity index (χ2n) is 6.81. The Labute approximate surface area is 180 Å². The SMILES string of the molecule is COc1cc(CCC(=O)OCc2nc(N)nc(Nc3ccc(C)cc3)n2)cc(OC)c1. The molecule has 0 aliphatic heterocycles. The standard InChI is InChI=1S/C22H25N5O4/c1-14-4-7-16(8-5-14)24-22-26-19(25-21(23)27-22)13-31-20(28)9-6-15-10-17(29-2)12-18(11-15)30-3/h4-5,7-8,10-12H,6,9,13H2,1-3H3,(H3,23,24,25,26,27). The molecule has 0 aliphatic rings. The number of aromatic nitrogens is 3. The van der Waals surface area contributed by atoms with Crippen molar-refractivity contribution >= 4 is 23.6 Å². The lowest BCUT2D eigenvalue weighted by Gasteiger charge is -2.09. The molecule has 9 heteroatoms. The van der Waals surface area contributed by atoms with Crippen molar-refractivity contribution in [3.8, 4) is 11.5 Å². The van der Waals surface area contributed by atoms with Gasteiger partial charge in [-0.15, -0.1) is 0 Å². The molecule has 3 aromatic rings. The Kier molecular flexibility index (Phi) is 7.21. The lowest BCUT2D eigenvalue weighted by Crippen LogP contribution is -2.11. The van der Waals surface area contributed by atoms with Gasteiger partial charge in [0.2, 0.25) is 11.9 Å². The zero-order valence-corrected chi connectivity index (χ0v) is 17.7. The monoisotopic (exact) mass is 423 g/mol. The lowest BCUT2D eigenvalue weighted by atomic mass is 10.1. The van der Waals surface area contributed by atoms with Crippen LogP contribution in [0, 0.1) is 6.92 Å². The molecule has 0 unspecified atom stereocenters. The third-order valence-corrected chi connectivity index (χ3v) is 4.40. The van der Waals surface area contributed by atoms with E-state index in [4.69, 9.17) is 19.9 Å². The molecule has 1 aromatic heterocycles. The fraction of sp³-hybridized carbons (Fsp3) is 0.273. The highest BCUT2D eigenvalue weighted by Gasteiger charge is 2.10. The van der Waals surface area contributed by atoms with Crippen LogP contribution in [0.1, 0.15) is 23.4 Å². The van der Waals surface area contributed by atoms with Crippen molar-refractivity contribution in [2.45, 2.75) is 26.4 Å². The number of carbonyl (C=O) groups excluding carboxylic acids is 1. The van der Waals surface area contributed by atoms with Crippen molar-refractivity contribution in [2.24, 2.45) is 0 Å². The molecule has 3 rings (SSSR count). The largest absolute Gasteiger partial charge is 0.497 e. The average Bonchev–Trinajstić information content (AvgIpc) is 2.77. The van der Waals surface area contributed by atoms with Gasteiger partial charge in [-0.05, 0) is 43.2 Å². The fourth-order valence-corrected chi connectivity index (χ4v) is 2.80. The van der Waals surface area contributed by atoms with E-state index in [1.807, 2.05) is 43.3 Å². The van der Waals surface area contributed by atoms with Crippen LogP contribution in [0.3, 0.4) is 0 Å². The van der Waals surface area contributed by atoms with Gasteiger partial charge in [-0.2, -0.15) is 15.0 Å². The number of benzene rings is 2. The summed E-state index contributed by atoms with van der Waals surface area (Å²) in [6.07, 6.45) is 0.664. The molecule has 1 heterocycles.